The van der Waals surface area contributed by atoms with Crippen LogP contribution < -0.4 is 4.90 Å². The lowest BCUT2D eigenvalue weighted by Crippen LogP contribution is -2.46. The Morgan fingerprint density at radius 1 is 1.31 bits per heavy atom. The van der Waals surface area contributed by atoms with E-state index < -0.39 is 21.9 Å². The van der Waals surface area contributed by atoms with E-state index in [1.807, 2.05) is 25.1 Å². The summed E-state index contributed by atoms with van der Waals surface area (Å²) in [6, 6.07) is 6.59. The highest BCUT2D eigenvalue weighted by molar-refractivity contribution is 7.91. The Hall–Kier alpha value is -2.09. The molecule has 0 N–H and O–H groups in total. The Morgan fingerprint density at radius 3 is 2.54 bits per heavy atom. The molecule has 0 aromatic heterocycles. The summed E-state index contributed by atoms with van der Waals surface area (Å²) in [6.45, 7) is 3.68. The summed E-state index contributed by atoms with van der Waals surface area (Å²) in [5, 5.41) is 0. The number of carbonyl (C=O) groups excluding carboxylic acids is 2. The number of ether oxygens (including phenoxy) is 1. The largest absolute Gasteiger partial charge is 0.449 e. The summed E-state index contributed by atoms with van der Waals surface area (Å²) >= 11 is 0. The number of anilines is 1. The first-order valence-electron chi connectivity index (χ1n) is 8.64. The standard InChI is InChI=1S/C18H26N2O5S/c1-5-20(16-9-10-26(23,24)12-16)17(21)13(2)25-18(22)14-7-6-8-15(11-14)19(3)4/h6-8,11,13,16H,5,9-10,12H2,1-4H3/t13-,16-/m0/s1. The van der Waals surface area contributed by atoms with Crippen LogP contribution >= 0.6 is 0 Å². The van der Waals surface area contributed by atoms with Crippen molar-refractivity contribution in [2.45, 2.75) is 32.4 Å². The number of sulfone groups is 1. The molecule has 1 aliphatic rings. The van der Waals surface area contributed by atoms with Crippen molar-refractivity contribution >= 4 is 27.4 Å². The van der Waals surface area contributed by atoms with Gasteiger partial charge in [0.1, 0.15) is 0 Å². The van der Waals surface area contributed by atoms with E-state index in [9.17, 15) is 18.0 Å². The van der Waals surface area contributed by atoms with Crippen LogP contribution in [0.15, 0.2) is 24.3 Å². The summed E-state index contributed by atoms with van der Waals surface area (Å²) in [4.78, 5) is 28.4. The third kappa shape index (κ3) is 4.75. The van der Waals surface area contributed by atoms with Gasteiger partial charge in [-0.3, -0.25) is 4.79 Å². The monoisotopic (exact) mass is 382 g/mol. The molecule has 1 aliphatic heterocycles. The summed E-state index contributed by atoms with van der Waals surface area (Å²) in [7, 11) is 0.638. The van der Waals surface area contributed by atoms with E-state index in [0.717, 1.165) is 5.69 Å². The van der Waals surface area contributed by atoms with Crippen LogP contribution in [0.1, 0.15) is 30.6 Å². The molecule has 1 aromatic carbocycles. The van der Waals surface area contributed by atoms with Crippen LogP contribution in [0, 0.1) is 0 Å². The van der Waals surface area contributed by atoms with Crippen molar-refractivity contribution in [3.8, 4) is 0 Å². The predicted molar refractivity (Wildman–Crippen MR) is 100 cm³/mol. The van der Waals surface area contributed by atoms with Crippen molar-refractivity contribution in [2.24, 2.45) is 0 Å². The molecule has 0 saturated carbocycles. The number of esters is 1. The lowest BCUT2D eigenvalue weighted by molar-refractivity contribution is -0.141. The highest BCUT2D eigenvalue weighted by Gasteiger charge is 2.36. The Labute approximate surface area is 154 Å². The minimum Gasteiger partial charge on any atom is -0.449 e. The Bertz CT molecular complexity index is 776. The molecule has 0 bridgehead atoms. The van der Waals surface area contributed by atoms with Gasteiger partial charge in [0.2, 0.25) is 0 Å². The quantitative estimate of drug-likeness (QED) is 0.690. The fraction of sp³-hybridized carbons (Fsp3) is 0.556. The Balaban J connectivity index is 2.05. The van der Waals surface area contributed by atoms with Gasteiger partial charge in [0.15, 0.2) is 15.9 Å². The van der Waals surface area contributed by atoms with Crippen LogP contribution in [-0.2, 0) is 19.4 Å². The normalized spacial score (nSPS) is 19.6. The van der Waals surface area contributed by atoms with Crippen LogP contribution in [0.3, 0.4) is 0 Å². The Morgan fingerprint density at radius 2 is 2.00 bits per heavy atom. The lowest BCUT2D eigenvalue weighted by Gasteiger charge is -2.29. The maximum atomic E-state index is 12.7. The SMILES string of the molecule is CCN(C(=O)[C@H](C)OC(=O)c1cccc(N(C)C)c1)[C@H]1CCS(=O)(=O)C1. The van der Waals surface area contributed by atoms with Crippen molar-refractivity contribution in [3.05, 3.63) is 29.8 Å². The van der Waals surface area contributed by atoms with E-state index in [2.05, 4.69) is 0 Å². The van der Waals surface area contributed by atoms with Crippen molar-refractivity contribution in [2.75, 3.05) is 37.0 Å². The highest BCUT2D eigenvalue weighted by atomic mass is 32.2. The van der Waals surface area contributed by atoms with Crippen molar-refractivity contribution in [3.63, 3.8) is 0 Å². The molecule has 8 heteroatoms. The first kappa shape index (κ1) is 20.2. The first-order valence-corrected chi connectivity index (χ1v) is 10.5. The summed E-state index contributed by atoms with van der Waals surface area (Å²) in [6.07, 6.45) is -0.554. The smallest absolute Gasteiger partial charge is 0.338 e. The van der Waals surface area contributed by atoms with E-state index in [-0.39, 0.29) is 23.5 Å². The summed E-state index contributed by atoms with van der Waals surface area (Å²) < 4.78 is 28.7. The van der Waals surface area contributed by atoms with Gasteiger partial charge in [-0.05, 0) is 38.5 Å². The summed E-state index contributed by atoms with van der Waals surface area (Å²) in [5.41, 5.74) is 1.21. The van der Waals surface area contributed by atoms with E-state index in [1.165, 1.54) is 11.8 Å². The predicted octanol–water partition coefficient (Wildman–Crippen LogP) is 1.33. The third-order valence-corrected chi connectivity index (χ3v) is 6.25. The van der Waals surface area contributed by atoms with E-state index in [4.69, 9.17) is 4.74 Å². The average molecular weight is 382 g/mol. The zero-order chi connectivity index (χ0) is 19.5. The molecule has 144 valence electrons. The molecule has 0 spiro atoms. The maximum Gasteiger partial charge on any atom is 0.338 e. The maximum absolute atomic E-state index is 12.7. The van der Waals surface area contributed by atoms with Gasteiger partial charge in [0, 0.05) is 32.4 Å². The van der Waals surface area contributed by atoms with Crippen LogP contribution in [0.4, 0.5) is 5.69 Å². The first-order chi connectivity index (χ1) is 12.1. The fourth-order valence-electron chi connectivity index (χ4n) is 3.04. The van der Waals surface area contributed by atoms with E-state index in [1.54, 1.807) is 25.1 Å². The molecule has 0 aliphatic carbocycles. The van der Waals surface area contributed by atoms with Gasteiger partial charge >= 0.3 is 5.97 Å². The number of carbonyl (C=O) groups is 2. The molecule has 1 fully saturated rings. The minimum absolute atomic E-state index is 0.0296. The lowest BCUT2D eigenvalue weighted by atomic mass is 10.2. The molecule has 1 saturated heterocycles. The number of likely N-dealkylation sites (N-methyl/N-ethyl adjacent to an activating group) is 1. The third-order valence-electron chi connectivity index (χ3n) is 4.50. The summed E-state index contributed by atoms with van der Waals surface area (Å²) in [5.74, 6) is -0.887. The second-order valence-corrected chi connectivity index (χ2v) is 8.90. The number of amides is 1. The highest BCUT2D eigenvalue weighted by Crippen LogP contribution is 2.20. The number of nitrogens with zero attached hydrogens (tertiary/aromatic N) is 2. The fourth-order valence-corrected chi connectivity index (χ4v) is 4.77. The number of rotatable bonds is 6. The number of benzene rings is 1. The van der Waals surface area contributed by atoms with E-state index >= 15 is 0 Å². The topological polar surface area (TPSA) is 84.0 Å². The number of hydrogen-bond acceptors (Lipinski definition) is 6. The average Bonchev–Trinajstić information content (AvgIpc) is 2.95. The molecular weight excluding hydrogens is 356 g/mol. The van der Waals surface area contributed by atoms with Gasteiger partial charge in [-0.2, -0.15) is 0 Å². The molecule has 2 rings (SSSR count). The van der Waals surface area contributed by atoms with Crippen molar-refractivity contribution in [1.29, 1.82) is 0 Å². The molecule has 0 radical (unpaired) electrons. The zero-order valence-corrected chi connectivity index (χ0v) is 16.5. The second-order valence-electron chi connectivity index (χ2n) is 6.67. The molecule has 0 unspecified atom stereocenters. The minimum atomic E-state index is -3.10. The van der Waals surface area contributed by atoms with Gasteiger partial charge in [-0.15, -0.1) is 0 Å². The number of hydrogen-bond donors (Lipinski definition) is 0. The van der Waals surface area contributed by atoms with Crippen LogP contribution in [-0.4, -0.2) is 69.5 Å². The molecule has 1 amide bonds. The molecule has 7 nitrogen and oxygen atoms in total. The molecule has 1 aromatic rings. The van der Waals surface area contributed by atoms with Crippen molar-refractivity contribution in [1.82, 2.24) is 4.90 Å². The van der Waals surface area contributed by atoms with Gasteiger partial charge < -0.3 is 14.5 Å². The molecule has 26 heavy (non-hydrogen) atoms. The van der Waals surface area contributed by atoms with Gasteiger partial charge in [0.25, 0.3) is 5.91 Å². The molecule has 1 heterocycles. The van der Waals surface area contributed by atoms with Crippen molar-refractivity contribution < 1.29 is 22.7 Å². The second kappa shape index (κ2) is 8.07. The molecule has 2 atom stereocenters. The van der Waals surface area contributed by atoms with Gasteiger partial charge in [-0.1, -0.05) is 6.07 Å². The molecular formula is C18H26N2O5S. The van der Waals surface area contributed by atoms with Crippen LogP contribution in [0.25, 0.3) is 0 Å². The zero-order valence-electron chi connectivity index (χ0n) is 15.6. The van der Waals surface area contributed by atoms with Gasteiger partial charge in [-0.25, -0.2) is 13.2 Å². The van der Waals surface area contributed by atoms with Crippen LogP contribution in [0.2, 0.25) is 0 Å². The van der Waals surface area contributed by atoms with E-state index in [0.29, 0.717) is 18.5 Å². The van der Waals surface area contributed by atoms with Gasteiger partial charge in [0.05, 0.1) is 17.1 Å². The Kier molecular flexibility index (Phi) is 6.28. The van der Waals surface area contributed by atoms with Crippen LogP contribution in [0.5, 0.6) is 0 Å².